The van der Waals surface area contributed by atoms with Crippen molar-refractivity contribution in [2.45, 2.75) is 0 Å². The van der Waals surface area contributed by atoms with E-state index in [0.717, 1.165) is 6.08 Å². The molecule has 1 aliphatic rings. The second kappa shape index (κ2) is 5.11. The first-order valence-electron chi connectivity index (χ1n) is 6.49. The minimum atomic E-state index is -1.14. The Kier molecular flexibility index (Phi) is 3.25. The average Bonchev–Trinajstić information content (AvgIpc) is 2.81. The molecule has 0 saturated heterocycles. The molecule has 1 N–H and O–H groups in total. The molecule has 0 amide bonds. The summed E-state index contributed by atoms with van der Waals surface area (Å²) in [5, 5.41) is 9.06. The number of halogens is 1. The molecule has 0 atom stereocenters. The van der Waals surface area contributed by atoms with E-state index in [-0.39, 0.29) is 5.56 Å². The zero-order chi connectivity index (χ0) is 15.9. The molecular weight excluding hydrogens is 287 g/mol. The van der Waals surface area contributed by atoms with E-state index in [4.69, 9.17) is 5.11 Å². The lowest BCUT2D eigenvalue weighted by molar-refractivity contribution is -0.131. The van der Waals surface area contributed by atoms with E-state index in [1.807, 2.05) is 0 Å². The summed E-state index contributed by atoms with van der Waals surface area (Å²) in [5.74, 6) is -2.10. The molecule has 110 valence electrons. The summed E-state index contributed by atoms with van der Waals surface area (Å²) < 4.78 is 18.8. The maximum absolute atomic E-state index is 14.1. The normalized spacial score (nSPS) is 13.6. The highest BCUT2D eigenvalue weighted by Crippen LogP contribution is 2.45. The van der Waals surface area contributed by atoms with Crippen LogP contribution in [0.1, 0.15) is 21.5 Å². The van der Waals surface area contributed by atoms with E-state index >= 15 is 0 Å². The van der Waals surface area contributed by atoms with Gasteiger partial charge >= 0.3 is 11.9 Å². The number of fused-ring (bicyclic) bond motifs is 3. The lowest BCUT2D eigenvalue weighted by Crippen LogP contribution is -2.01. The molecule has 1 aliphatic carbocycles. The molecule has 0 unspecified atom stereocenters. The first-order chi connectivity index (χ1) is 10.5. The van der Waals surface area contributed by atoms with Gasteiger partial charge < -0.3 is 9.84 Å². The van der Waals surface area contributed by atoms with Crippen molar-refractivity contribution >= 4 is 17.5 Å². The summed E-state index contributed by atoms with van der Waals surface area (Å²) in [6, 6.07) is 9.16. The molecule has 2 aromatic carbocycles. The zero-order valence-corrected chi connectivity index (χ0v) is 11.6. The molecule has 0 aliphatic heterocycles. The predicted molar refractivity (Wildman–Crippen MR) is 77.9 cm³/mol. The van der Waals surface area contributed by atoms with Crippen LogP contribution in [0.15, 0.2) is 42.5 Å². The number of hydrogen-bond donors (Lipinski definition) is 1. The molecule has 0 fully saturated rings. The second-order valence-corrected chi connectivity index (χ2v) is 4.81. The van der Waals surface area contributed by atoms with Gasteiger partial charge in [-0.15, -0.1) is 0 Å². The van der Waals surface area contributed by atoms with Crippen LogP contribution >= 0.6 is 0 Å². The largest absolute Gasteiger partial charge is 0.478 e. The predicted octanol–water partition coefficient (Wildman–Crippen LogP) is 3.11. The number of carboxylic acid groups (broad SMARTS) is 1. The Morgan fingerprint density at radius 3 is 2.59 bits per heavy atom. The van der Waals surface area contributed by atoms with Gasteiger partial charge in [0.1, 0.15) is 5.82 Å². The lowest BCUT2D eigenvalue weighted by Gasteiger charge is -2.04. The number of hydrogen-bond acceptors (Lipinski definition) is 3. The molecule has 2 aromatic rings. The number of ether oxygens (including phenoxy) is 1. The van der Waals surface area contributed by atoms with Gasteiger partial charge in [0.25, 0.3) is 0 Å². The molecule has 0 bridgehead atoms. The van der Waals surface area contributed by atoms with Crippen LogP contribution in [0.4, 0.5) is 4.39 Å². The molecular formula is C17H11FO4. The molecule has 5 heteroatoms. The Balaban J connectivity index is 2.30. The quantitative estimate of drug-likeness (QED) is 0.583. The number of esters is 1. The number of carboxylic acids is 1. The number of aliphatic carboxylic acids is 1. The molecule has 0 spiro atoms. The third kappa shape index (κ3) is 2.07. The van der Waals surface area contributed by atoms with Crippen molar-refractivity contribution in [3.63, 3.8) is 0 Å². The summed E-state index contributed by atoms with van der Waals surface area (Å²) in [4.78, 5) is 22.7. The van der Waals surface area contributed by atoms with E-state index in [1.165, 1.54) is 31.4 Å². The summed E-state index contributed by atoms with van der Waals surface area (Å²) in [5.41, 5.74) is 2.58. The minimum Gasteiger partial charge on any atom is -0.478 e. The zero-order valence-electron chi connectivity index (χ0n) is 11.6. The Hall–Kier alpha value is -2.95. The summed E-state index contributed by atoms with van der Waals surface area (Å²) >= 11 is 0. The van der Waals surface area contributed by atoms with Gasteiger partial charge in [0, 0.05) is 11.6 Å². The van der Waals surface area contributed by atoms with Crippen LogP contribution in [-0.2, 0) is 9.53 Å². The SMILES string of the molecule is COC(=O)c1ccc2c(c1)/C(=C/C(=O)O)c1cccc(F)c1-2. The number of rotatable bonds is 2. The molecule has 4 nitrogen and oxygen atoms in total. The number of benzene rings is 2. The average molecular weight is 298 g/mol. The van der Waals surface area contributed by atoms with Gasteiger partial charge in [-0.25, -0.2) is 14.0 Å². The van der Waals surface area contributed by atoms with Crippen LogP contribution in [0.3, 0.4) is 0 Å². The van der Waals surface area contributed by atoms with Crippen LogP contribution in [0.2, 0.25) is 0 Å². The van der Waals surface area contributed by atoms with Crippen molar-refractivity contribution in [2.24, 2.45) is 0 Å². The van der Waals surface area contributed by atoms with Crippen molar-refractivity contribution in [3.05, 3.63) is 65.0 Å². The molecule has 3 rings (SSSR count). The Morgan fingerprint density at radius 1 is 1.14 bits per heavy atom. The van der Waals surface area contributed by atoms with E-state index in [2.05, 4.69) is 4.74 Å². The van der Waals surface area contributed by atoms with Gasteiger partial charge in [-0.1, -0.05) is 18.2 Å². The minimum absolute atomic E-state index is 0.283. The fourth-order valence-corrected chi connectivity index (χ4v) is 2.68. The van der Waals surface area contributed by atoms with Crippen molar-refractivity contribution in [3.8, 4) is 11.1 Å². The van der Waals surface area contributed by atoms with Crippen LogP contribution in [0.5, 0.6) is 0 Å². The molecule has 0 aromatic heterocycles. The van der Waals surface area contributed by atoms with Gasteiger partial charge in [0.15, 0.2) is 0 Å². The number of carbonyl (C=O) groups excluding carboxylic acids is 1. The lowest BCUT2D eigenvalue weighted by atomic mass is 10.0. The molecule has 22 heavy (non-hydrogen) atoms. The molecule has 0 heterocycles. The van der Waals surface area contributed by atoms with Crippen molar-refractivity contribution < 1.29 is 23.8 Å². The fourth-order valence-electron chi connectivity index (χ4n) is 2.68. The van der Waals surface area contributed by atoms with Crippen molar-refractivity contribution in [2.75, 3.05) is 7.11 Å². The van der Waals surface area contributed by atoms with Gasteiger partial charge in [-0.3, -0.25) is 0 Å². The number of methoxy groups -OCH3 is 1. The van der Waals surface area contributed by atoms with Crippen molar-refractivity contribution in [1.82, 2.24) is 0 Å². The van der Waals surface area contributed by atoms with Crippen LogP contribution in [-0.4, -0.2) is 24.2 Å². The van der Waals surface area contributed by atoms with E-state index in [1.54, 1.807) is 12.1 Å². The third-order valence-corrected chi connectivity index (χ3v) is 3.57. The van der Waals surface area contributed by atoms with Gasteiger partial charge in [-0.2, -0.15) is 0 Å². The fraction of sp³-hybridized carbons (Fsp3) is 0.0588. The topological polar surface area (TPSA) is 63.6 Å². The Bertz CT molecular complexity index is 837. The smallest absolute Gasteiger partial charge is 0.337 e. The Morgan fingerprint density at radius 2 is 1.91 bits per heavy atom. The van der Waals surface area contributed by atoms with E-state index in [9.17, 15) is 14.0 Å². The van der Waals surface area contributed by atoms with Gasteiger partial charge in [-0.05, 0) is 40.5 Å². The van der Waals surface area contributed by atoms with Crippen molar-refractivity contribution in [1.29, 1.82) is 0 Å². The Labute approximate surface area is 125 Å². The van der Waals surface area contributed by atoms with Crippen LogP contribution in [0, 0.1) is 5.82 Å². The highest BCUT2D eigenvalue weighted by atomic mass is 19.1. The first kappa shape index (κ1) is 14.0. The second-order valence-electron chi connectivity index (χ2n) is 4.81. The summed E-state index contributed by atoms with van der Waals surface area (Å²) in [7, 11) is 1.26. The van der Waals surface area contributed by atoms with E-state index < -0.39 is 17.8 Å². The summed E-state index contributed by atoms with van der Waals surface area (Å²) in [6.07, 6.45) is 1.02. The highest BCUT2D eigenvalue weighted by Gasteiger charge is 2.27. The van der Waals surface area contributed by atoms with E-state index in [0.29, 0.717) is 27.8 Å². The third-order valence-electron chi connectivity index (χ3n) is 3.57. The van der Waals surface area contributed by atoms with Crippen LogP contribution in [0.25, 0.3) is 16.7 Å². The monoisotopic (exact) mass is 298 g/mol. The standard InChI is InChI=1S/C17H11FO4/c1-22-17(21)9-5-6-11-12(7-9)13(8-15(19)20)10-3-2-4-14(18)16(10)11/h2-8H,1H3,(H,19,20)/b13-8+. The van der Waals surface area contributed by atoms with Crippen LogP contribution < -0.4 is 0 Å². The maximum Gasteiger partial charge on any atom is 0.337 e. The molecule has 0 saturated carbocycles. The molecule has 0 radical (unpaired) electrons. The van der Waals surface area contributed by atoms with Gasteiger partial charge in [0.05, 0.1) is 12.7 Å². The van der Waals surface area contributed by atoms with Gasteiger partial charge in [0.2, 0.25) is 0 Å². The summed E-state index contributed by atoms with van der Waals surface area (Å²) in [6.45, 7) is 0. The maximum atomic E-state index is 14.1. The number of carbonyl (C=O) groups is 2. The highest BCUT2D eigenvalue weighted by molar-refractivity contribution is 6.08. The first-order valence-corrected chi connectivity index (χ1v) is 6.49.